The van der Waals surface area contributed by atoms with E-state index in [4.69, 9.17) is 25.6 Å². The number of rotatable bonds is 7. The van der Waals surface area contributed by atoms with Gasteiger partial charge in [0.1, 0.15) is 0 Å². The van der Waals surface area contributed by atoms with E-state index in [1.54, 1.807) is 25.3 Å². The normalized spacial score (nSPS) is 10.4. The zero-order valence-corrected chi connectivity index (χ0v) is 12.6. The number of benzene rings is 1. The van der Waals surface area contributed by atoms with Crippen LogP contribution in [-0.2, 0) is 6.54 Å². The highest BCUT2D eigenvalue weighted by molar-refractivity contribution is 6.32. The van der Waals surface area contributed by atoms with Gasteiger partial charge in [-0.3, -0.25) is 0 Å². The lowest BCUT2D eigenvalue weighted by molar-refractivity contribution is 0.355. The summed E-state index contributed by atoms with van der Waals surface area (Å²) in [5, 5.41) is 7.43. The minimum absolute atomic E-state index is 0.419. The van der Waals surface area contributed by atoms with Gasteiger partial charge in [0.25, 0.3) is 0 Å². The Morgan fingerprint density at radius 3 is 2.86 bits per heavy atom. The molecule has 112 valence electrons. The van der Waals surface area contributed by atoms with E-state index < -0.39 is 0 Å². The van der Waals surface area contributed by atoms with E-state index >= 15 is 0 Å². The fourth-order valence-electron chi connectivity index (χ4n) is 1.77. The van der Waals surface area contributed by atoms with Gasteiger partial charge in [0.2, 0.25) is 11.7 Å². The van der Waals surface area contributed by atoms with Gasteiger partial charge in [-0.1, -0.05) is 22.8 Å². The SMILES string of the molecule is C=CCNCc1nc(-c2cc(Cl)c(OC)c(OC)c2)no1. The predicted octanol–water partition coefficient (Wildman–Crippen LogP) is 2.68. The Balaban J connectivity index is 2.25. The lowest BCUT2D eigenvalue weighted by Crippen LogP contribution is -2.12. The molecule has 2 rings (SSSR count). The number of nitrogens with zero attached hydrogens (tertiary/aromatic N) is 2. The van der Waals surface area contributed by atoms with E-state index in [0.717, 1.165) is 0 Å². The summed E-state index contributed by atoms with van der Waals surface area (Å²) >= 11 is 6.16. The Morgan fingerprint density at radius 1 is 1.38 bits per heavy atom. The standard InChI is InChI=1S/C14H16ClN3O3/c1-4-5-16-8-12-17-14(18-21-12)9-6-10(15)13(20-3)11(7-9)19-2/h4,6-7,16H,1,5,8H2,2-3H3. The Hall–Kier alpha value is -2.05. The third kappa shape index (κ3) is 3.53. The second-order valence-corrected chi connectivity index (χ2v) is 4.53. The lowest BCUT2D eigenvalue weighted by Gasteiger charge is -2.10. The lowest BCUT2D eigenvalue weighted by atomic mass is 10.2. The minimum Gasteiger partial charge on any atom is -0.493 e. The van der Waals surface area contributed by atoms with Crippen LogP contribution in [0.3, 0.4) is 0 Å². The van der Waals surface area contributed by atoms with E-state index in [2.05, 4.69) is 22.0 Å². The highest BCUT2D eigenvalue weighted by atomic mass is 35.5. The summed E-state index contributed by atoms with van der Waals surface area (Å²) in [6, 6.07) is 3.45. The molecule has 0 aliphatic rings. The number of hydrogen-bond donors (Lipinski definition) is 1. The van der Waals surface area contributed by atoms with E-state index in [-0.39, 0.29) is 0 Å². The van der Waals surface area contributed by atoms with E-state index in [9.17, 15) is 0 Å². The van der Waals surface area contributed by atoms with Gasteiger partial charge in [-0.25, -0.2) is 0 Å². The highest BCUT2D eigenvalue weighted by Crippen LogP contribution is 2.38. The second-order valence-electron chi connectivity index (χ2n) is 4.12. The quantitative estimate of drug-likeness (QED) is 0.626. The molecule has 1 N–H and O–H groups in total. The van der Waals surface area contributed by atoms with Crippen LogP contribution < -0.4 is 14.8 Å². The van der Waals surface area contributed by atoms with E-state index in [0.29, 0.717) is 46.9 Å². The molecular weight excluding hydrogens is 294 g/mol. The van der Waals surface area contributed by atoms with Gasteiger partial charge in [-0.2, -0.15) is 4.98 Å². The van der Waals surface area contributed by atoms with Crippen molar-refractivity contribution < 1.29 is 14.0 Å². The van der Waals surface area contributed by atoms with Crippen molar-refractivity contribution >= 4 is 11.6 Å². The van der Waals surface area contributed by atoms with Crippen LogP contribution in [0.1, 0.15) is 5.89 Å². The van der Waals surface area contributed by atoms with Crippen molar-refractivity contribution in [1.29, 1.82) is 0 Å². The van der Waals surface area contributed by atoms with Crippen molar-refractivity contribution in [1.82, 2.24) is 15.5 Å². The van der Waals surface area contributed by atoms with Gasteiger partial charge >= 0.3 is 0 Å². The first-order chi connectivity index (χ1) is 10.2. The summed E-state index contributed by atoms with van der Waals surface area (Å²) in [4.78, 5) is 4.29. The van der Waals surface area contributed by atoms with Crippen LogP contribution in [0.2, 0.25) is 5.02 Å². The Morgan fingerprint density at radius 2 is 2.19 bits per heavy atom. The van der Waals surface area contributed by atoms with Crippen molar-refractivity contribution in [3.05, 3.63) is 35.7 Å². The largest absolute Gasteiger partial charge is 0.493 e. The summed E-state index contributed by atoms with van der Waals surface area (Å²) in [6.45, 7) is 4.76. The molecule has 2 aromatic rings. The van der Waals surface area contributed by atoms with Crippen LogP contribution in [0, 0.1) is 0 Å². The van der Waals surface area contributed by atoms with Crippen LogP contribution in [0.4, 0.5) is 0 Å². The fourth-order valence-corrected chi connectivity index (χ4v) is 2.06. The first kappa shape index (κ1) is 15.3. The van der Waals surface area contributed by atoms with E-state index in [1.165, 1.54) is 7.11 Å². The summed E-state index contributed by atoms with van der Waals surface area (Å²) in [7, 11) is 3.07. The number of hydrogen-bond acceptors (Lipinski definition) is 6. The highest BCUT2D eigenvalue weighted by Gasteiger charge is 2.15. The summed E-state index contributed by atoms with van der Waals surface area (Å²) < 4.78 is 15.6. The number of methoxy groups -OCH3 is 2. The van der Waals surface area contributed by atoms with Gasteiger partial charge < -0.3 is 19.3 Å². The van der Waals surface area contributed by atoms with E-state index in [1.807, 2.05) is 0 Å². The van der Waals surface area contributed by atoms with Crippen LogP contribution >= 0.6 is 11.6 Å². The molecule has 0 aliphatic carbocycles. The topological polar surface area (TPSA) is 69.4 Å². The van der Waals surface area contributed by atoms with Crippen molar-refractivity contribution in [2.75, 3.05) is 20.8 Å². The number of aromatic nitrogens is 2. The zero-order chi connectivity index (χ0) is 15.2. The summed E-state index contributed by atoms with van der Waals surface area (Å²) in [5.41, 5.74) is 0.691. The average molecular weight is 310 g/mol. The van der Waals surface area contributed by atoms with Crippen molar-refractivity contribution in [3.8, 4) is 22.9 Å². The van der Waals surface area contributed by atoms with Gasteiger partial charge in [-0.15, -0.1) is 6.58 Å². The maximum Gasteiger partial charge on any atom is 0.240 e. The first-order valence-electron chi connectivity index (χ1n) is 6.25. The van der Waals surface area contributed by atoms with Gasteiger partial charge in [0.15, 0.2) is 11.5 Å². The molecule has 0 fully saturated rings. The zero-order valence-electron chi connectivity index (χ0n) is 11.9. The Bertz CT molecular complexity index is 628. The molecule has 0 saturated heterocycles. The molecular formula is C14H16ClN3O3. The molecule has 21 heavy (non-hydrogen) atoms. The fraction of sp³-hybridized carbons (Fsp3) is 0.286. The second kappa shape index (κ2) is 7.10. The van der Waals surface area contributed by atoms with Gasteiger partial charge in [-0.05, 0) is 12.1 Å². The molecule has 1 aromatic heterocycles. The Kier molecular flexibility index (Phi) is 5.19. The third-order valence-corrected chi connectivity index (χ3v) is 3.01. The van der Waals surface area contributed by atoms with Crippen LogP contribution in [0.15, 0.2) is 29.3 Å². The predicted molar refractivity (Wildman–Crippen MR) is 79.8 cm³/mol. The molecule has 1 heterocycles. The summed E-state index contributed by atoms with van der Waals surface area (Å²) in [5.74, 6) is 1.90. The van der Waals surface area contributed by atoms with Crippen LogP contribution in [0.25, 0.3) is 11.4 Å². The molecule has 0 atom stereocenters. The monoisotopic (exact) mass is 309 g/mol. The molecule has 1 aromatic carbocycles. The maximum atomic E-state index is 6.16. The molecule has 6 nitrogen and oxygen atoms in total. The molecule has 0 amide bonds. The van der Waals surface area contributed by atoms with Crippen LogP contribution in [0.5, 0.6) is 11.5 Å². The summed E-state index contributed by atoms with van der Waals surface area (Å²) in [6.07, 6.45) is 1.76. The number of halogens is 1. The van der Waals surface area contributed by atoms with Crippen LogP contribution in [-0.4, -0.2) is 30.9 Å². The first-order valence-corrected chi connectivity index (χ1v) is 6.63. The molecule has 0 saturated carbocycles. The average Bonchev–Trinajstić information content (AvgIpc) is 2.95. The molecule has 0 bridgehead atoms. The molecule has 7 heteroatoms. The van der Waals surface area contributed by atoms with Gasteiger partial charge in [0.05, 0.1) is 25.8 Å². The molecule has 0 spiro atoms. The smallest absolute Gasteiger partial charge is 0.240 e. The number of ether oxygens (including phenoxy) is 2. The minimum atomic E-state index is 0.419. The maximum absolute atomic E-state index is 6.16. The van der Waals surface area contributed by atoms with Gasteiger partial charge in [0, 0.05) is 12.1 Å². The van der Waals surface area contributed by atoms with Crippen molar-refractivity contribution in [2.24, 2.45) is 0 Å². The molecule has 0 unspecified atom stereocenters. The van der Waals surface area contributed by atoms with Crippen molar-refractivity contribution in [2.45, 2.75) is 6.54 Å². The van der Waals surface area contributed by atoms with Crippen molar-refractivity contribution in [3.63, 3.8) is 0 Å². The number of nitrogens with one attached hydrogen (secondary N) is 1. The molecule has 0 aliphatic heterocycles. The third-order valence-electron chi connectivity index (χ3n) is 2.72. The Labute approximate surface area is 127 Å². The molecule has 0 radical (unpaired) electrons.